The highest BCUT2D eigenvalue weighted by molar-refractivity contribution is 6.05. The number of para-hydroxylation sites is 1. The highest BCUT2D eigenvalue weighted by Gasteiger charge is 2.22. The van der Waals surface area contributed by atoms with Gasteiger partial charge in [-0.1, -0.05) is 49.4 Å². The average molecular weight is 416 g/mol. The number of rotatable bonds is 5. The summed E-state index contributed by atoms with van der Waals surface area (Å²) in [4.78, 5) is 31.0. The molecular weight excluding hydrogens is 392 g/mol. The fourth-order valence-electron chi connectivity index (χ4n) is 3.89. The summed E-state index contributed by atoms with van der Waals surface area (Å²) in [6.45, 7) is 5.56. The number of anilines is 1. The summed E-state index contributed by atoms with van der Waals surface area (Å²) in [5.41, 5.74) is 4.47. The quantitative estimate of drug-likeness (QED) is 0.512. The summed E-state index contributed by atoms with van der Waals surface area (Å²) in [6, 6.07) is 15.3. The van der Waals surface area contributed by atoms with E-state index in [1.54, 1.807) is 20.1 Å². The number of methoxy groups -OCH3 is 1. The van der Waals surface area contributed by atoms with Crippen molar-refractivity contribution in [3.8, 4) is 16.9 Å². The van der Waals surface area contributed by atoms with E-state index in [1.807, 2.05) is 56.3 Å². The maximum atomic E-state index is 13.3. The maximum absolute atomic E-state index is 13.3. The van der Waals surface area contributed by atoms with Crippen molar-refractivity contribution in [2.45, 2.75) is 27.2 Å². The van der Waals surface area contributed by atoms with E-state index in [4.69, 9.17) is 4.74 Å². The Hall–Kier alpha value is -3.87. The molecule has 0 unspecified atom stereocenters. The third-order valence-corrected chi connectivity index (χ3v) is 5.36. The summed E-state index contributed by atoms with van der Waals surface area (Å²) < 4.78 is 6.82. The lowest BCUT2D eigenvalue weighted by atomic mass is 10.1. The fraction of sp³-hybridized carbons (Fsp3) is 0.208. The Morgan fingerprint density at radius 2 is 1.87 bits per heavy atom. The summed E-state index contributed by atoms with van der Waals surface area (Å²) >= 11 is 0. The van der Waals surface area contributed by atoms with Crippen LogP contribution >= 0.6 is 0 Å². The van der Waals surface area contributed by atoms with Gasteiger partial charge in [-0.25, -0.2) is 9.50 Å². The zero-order chi connectivity index (χ0) is 22.1. The van der Waals surface area contributed by atoms with E-state index >= 15 is 0 Å². The molecule has 2 N–H and O–H groups in total. The molecule has 0 saturated carbocycles. The molecule has 0 aliphatic heterocycles. The standard InChI is InChI=1S/C24H24N4O3/c1-5-16-12-9-13-18(21(16)31-4)26-23(29)20-14(2)25-22-19(17-10-7-6-8-11-17)15(3)27-28(22)24(20)30/h6-13,27H,5H2,1-4H3,(H,26,29). The van der Waals surface area contributed by atoms with Gasteiger partial charge in [0.05, 0.1) is 18.5 Å². The van der Waals surface area contributed by atoms with Crippen molar-refractivity contribution >= 4 is 17.2 Å². The number of H-pyrrole nitrogens is 1. The smallest absolute Gasteiger partial charge is 0.285 e. The first-order chi connectivity index (χ1) is 15.0. The molecule has 31 heavy (non-hydrogen) atoms. The molecule has 0 bridgehead atoms. The van der Waals surface area contributed by atoms with Crippen molar-refractivity contribution in [3.63, 3.8) is 0 Å². The summed E-state index contributed by atoms with van der Waals surface area (Å²) in [5.74, 6) is 0.0664. The van der Waals surface area contributed by atoms with Crippen LogP contribution in [0.1, 0.15) is 34.2 Å². The maximum Gasteiger partial charge on any atom is 0.285 e. The number of hydrogen-bond acceptors (Lipinski definition) is 4. The fourth-order valence-corrected chi connectivity index (χ4v) is 3.89. The Morgan fingerprint density at radius 3 is 2.55 bits per heavy atom. The SMILES string of the molecule is CCc1cccc(NC(=O)c2c(C)nc3c(-c4ccccc4)c(C)[nH]n3c2=O)c1OC. The van der Waals surface area contributed by atoms with Gasteiger partial charge in [0.1, 0.15) is 11.3 Å². The molecule has 7 heteroatoms. The van der Waals surface area contributed by atoms with E-state index in [0.29, 0.717) is 22.8 Å². The molecule has 0 aliphatic carbocycles. The molecule has 0 fully saturated rings. The molecule has 7 nitrogen and oxygen atoms in total. The molecule has 0 atom stereocenters. The molecular formula is C24H24N4O3. The number of carbonyl (C=O) groups excluding carboxylic acids is 1. The van der Waals surface area contributed by atoms with Crippen LogP contribution in [0.3, 0.4) is 0 Å². The number of hydrogen-bond donors (Lipinski definition) is 2. The minimum atomic E-state index is -0.524. The van der Waals surface area contributed by atoms with Crippen molar-refractivity contribution in [1.82, 2.24) is 14.6 Å². The van der Waals surface area contributed by atoms with Crippen LogP contribution < -0.4 is 15.6 Å². The number of nitrogens with one attached hydrogen (secondary N) is 2. The van der Waals surface area contributed by atoms with Gasteiger partial charge in [-0.3, -0.25) is 14.7 Å². The average Bonchev–Trinajstić information content (AvgIpc) is 3.10. The molecule has 1 amide bonds. The van der Waals surface area contributed by atoms with E-state index in [2.05, 4.69) is 15.4 Å². The second-order valence-corrected chi connectivity index (χ2v) is 7.32. The van der Waals surface area contributed by atoms with Crippen LogP contribution in [0.5, 0.6) is 5.75 Å². The number of fused-ring (bicyclic) bond motifs is 1. The van der Waals surface area contributed by atoms with Gasteiger partial charge in [0, 0.05) is 11.3 Å². The number of ether oxygens (including phenoxy) is 1. The number of carbonyl (C=O) groups is 1. The highest BCUT2D eigenvalue weighted by Crippen LogP contribution is 2.30. The van der Waals surface area contributed by atoms with Crippen molar-refractivity contribution in [3.05, 3.63) is 81.4 Å². The number of aromatic nitrogens is 3. The monoisotopic (exact) mass is 416 g/mol. The van der Waals surface area contributed by atoms with E-state index in [-0.39, 0.29) is 5.56 Å². The number of aromatic amines is 1. The summed E-state index contributed by atoms with van der Waals surface area (Å²) in [7, 11) is 1.56. The van der Waals surface area contributed by atoms with Gasteiger partial charge in [0.15, 0.2) is 5.65 Å². The zero-order valence-corrected chi connectivity index (χ0v) is 17.9. The molecule has 2 heterocycles. The van der Waals surface area contributed by atoms with Crippen LogP contribution in [0.15, 0.2) is 53.3 Å². The van der Waals surface area contributed by atoms with Crippen LogP contribution in [0.4, 0.5) is 5.69 Å². The van der Waals surface area contributed by atoms with E-state index in [9.17, 15) is 9.59 Å². The van der Waals surface area contributed by atoms with Gasteiger partial charge >= 0.3 is 0 Å². The Labute approximate surface area is 179 Å². The third-order valence-electron chi connectivity index (χ3n) is 5.36. The van der Waals surface area contributed by atoms with Crippen LogP contribution in [0, 0.1) is 13.8 Å². The van der Waals surface area contributed by atoms with Crippen LogP contribution in [0.25, 0.3) is 16.8 Å². The topological polar surface area (TPSA) is 88.5 Å². The highest BCUT2D eigenvalue weighted by atomic mass is 16.5. The summed E-state index contributed by atoms with van der Waals surface area (Å²) in [6.07, 6.45) is 0.756. The Morgan fingerprint density at radius 1 is 1.13 bits per heavy atom. The zero-order valence-electron chi connectivity index (χ0n) is 17.9. The molecule has 0 aliphatic rings. The Kier molecular flexibility index (Phi) is 5.33. The van der Waals surface area contributed by atoms with Crippen LogP contribution in [-0.4, -0.2) is 27.6 Å². The van der Waals surface area contributed by atoms with Gasteiger partial charge in [-0.15, -0.1) is 0 Å². The van der Waals surface area contributed by atoms with Crippen molar-refractivity contribution in [2.24, 2.45) is 0 Å². The molecule has 2 aromatic heterocycles. The van der Waals surface area contributed by atoms with E-state index in [1.165, 1.54) is 4.52 Å². The molecule has 0 saturated heterocycles. The van der Waals surface area contributed by atoms with Crippen molar-refractivity contribution in [2.75, 3.05) is 12.4 Å². The van der Waals surface area contributed by atoms with Gasteiger partial charge < -0.3 is 10.1 Å². The molecule has 4 aromatic rings. The van der Waals surface area contributed by atoms with Crippen LogP contribution in [0.2, 0.25) is 0 Å². The van der Waals surface area contributed by atoms with Crippen molar-refractivity contribution in [1.29, 1.82) is 0 Å². The third kappa shape index (κ3) is 3.48. The van der Waals surface area contributed by atoms with Gasteiger partial charge in [-0.2, -0.15) is 0 Å². The second kappa shape index (κ2) is 8.10. The molecule has 2 aromatic carbocycles. The minimum Gasteiger partial charge on any atom is -0.494 e. The second-order valence-electron chi connectivity index (χ2n) is 7.32. The predicted molar refractivity (Wildman–Crippen MR) is 121 cm³/mol. The lowest BCUT2D eigenvalue weighted by Gasteiger charge is -2.14. The minimum absolute atomic E-state index is 0.0117. The van der Waals surface area contributed by atoms with Crippen LogP contribution in [-0.2, 0) is 6.42 Å². The van der Waals surface area contributed by atoms with Gasteiger partial charge in [0.2, 0.25) is 0 Å². The Bertz CT molecular complexity index is 1340. The molecule has 0 radical (unpaired) electrons. The summed E-state index contributed by atoms with van der Waals surface area (Å²) in [5, 5.41) is 5.88. The lowest BCUT2D eigenvalue weighted by Crippen LogP contribution is -2.29. The molecule has 0 spiro atoms. The first kappa shape index (κ1) is 20.4. The number of benzene rings is 2. The predicted octanol–water partition coefficient (Wildman–Crippen LogP) is 4.13. The van der Waals surface area contributed by atoms with Gasteiger partial charge in [-0.05, 0) is 37.5 Å². The lowest BCUT2D eigenvalue weighted by molar-refractivity contribution is 0.102. The first-order valence-corrected chi connectivity index (χ1v) is 10.1. The largest absolute Gasteiger partial charge is 0.494 e. The number of amides is 1. The Balaban J connectivity index is 1.81. The molecule has 158 valence electrons. The normalized spacial score (nSPS) is 11.0. The van der Waals surface area contributed by atoms with Crippen molar-refractivity contribution < 1.29 is 9.53 Å². The number of aryl methyl sites for hydroxylation is 3. The molecule has 4 rings (SSSR count). The van der Waals surface area contributed by atoms with Gasteiger partial charge in [0.25, 0.3) is 11.5 Å². The number of nitrogens with zero attached hydrogens (tertiary/aromatic N) is 2. The van der Waals surface area contributed by atoms with E-state index < -0.39 is 11.5 Å². The first-order valence-electron chi connectivity index (χ1n) is 10.1. The van der Waals surface area contributed by atoms with E-state index in [0.717, 1.165) is 28.8 Å².